The van der Waals surface area contributed by atoms with E-state index in [1.807, 2.05) is 6.92 Å². The molecule has 0 aliphatic heterocycles. The van der Waals surface area contributed by atoms with Crippen molar-refractivity contribution in [2.45, 2.75) is 18.2 Å². The topological polar surface area (TPSA) is 95.7 Å². The van der Waals surface area contributed by atoms with Crippen molar-refractivity contribution in [2.24, 2.45) is 0 Å². The zero-order chi connectivity index (χ0) is 18.2. The number of hydrogen-bond donors (Lipinski definition) is 1. The lowest BCUT2D eigenvalue weighted by molar-refractivity contribution is -0.119. The number of thioether (sulfide) groups is 1. The molecule has 1 atom stereocenters. The molecule has 2 aromatic rings. The SMILES string of the molecule is COC[C@H](C)NC(=O)CSc1nnc(-c2ccc(OC)c(OC)c2)o1. The molecule has 0 radical (unpaired) electrons. The second-order valence-electron chi connectivity index (χ2n) is 5.16. The Kier molecular flexibility index (Phi) is 7.08. The first kappa shape index (κ1) is 19.1. The second kappa shape index (κ2) is 9.28. The van der Waals surface area contributed by atoms with Gasteiger partial charge in [0.15, 0.2) is 11.5 Å². The average molecular weight is 367 g/mol. The van der Waals surface area contributed by atoms with Gasteiger partial charge in [0, 0.05) is 18.7 Å². The number of aromatic nitrogens is 2. The fraction of sp³-hybridized carbons (Fsp3) is 0.438. The molecule has 0 fully saturated rings. The standard InChI is InChI=1S/C16H21N3O5S/c1-10(8-21-2)17-14(20)9-25-16-19-18-15(24-16)11-5-6-12(22-3)13(7-11)23-4/h5-7,10H,8-9H2,1-4H3,(H,17,20)/t10-/m0/s1. The van der Waals surface area contributed by atoms with Crippen molar-refractivity contribution in [3.05, 3.63) is 18.2 Å². The summed E-state index contributed by atoms with van der Waals surface area (Å²) in [5, 5.41) is 11.1. The van der Waals surface area contributed by atoms with Crippen LogP contribution in [0.15, 0.2) is 27.8 Å². The Labute approximate surface area is 150 Å². The molecule has 0 unspecified atom stereocenters. The number of rotatable bonds is 9. The summed E-state index contributed by atoms with van der Waals surface area (Å²) in [6.45, 7) is 2.33. The van der Waals surface area contributed by atoms with E-state index < -0.39 is 0 Å². The van der Waals surface area contributed by atoms with Gasteiger partial charge in [0.1, 0.15) is 0 Å². The van der Waals surface area contributed by atoms with Gasteiger partial charge in [0.05, 0.1) is 26.6 Å². The van der Waals surface area contributed by atoms with E-state index in [4.69, 9.17) is 18.6 Å². The van der Waals surface area contributed by atoms with Crippen LogP contribution in [0, 0.1) is 0 Å². The maximum atomic E-state index is 11.8. The van der Waals surface area contributed by atoms with Crippen molar-refractivity contribution in [3.63, 3.8) is 0 Å². The molecule has 136 valence electrons. The highest BCUT2D eigenvalue weighted by Gasteiger charge is 2.14. The number of hydrogen-bond acceptors (Lipinski definition) is 8. The first-order valence-corrected chi connectivity index (χ1v) is 8.53. The fourth-order valence-electron chi connectivity index (χ4n) is 2.09. The highest BCUT2D eigenvalue weighted by atomic mass is 32.2. The molecular weight excluding hydrogens is 346 g/mol. The van der Waals surface area contributed by atoms with Crippen molar-refractivity contribution in [3.8, 4) is 23.0 Å². The minimum Gasteiger partial charge on any atom is -0.493 e. The number of amides is 1. The molecule has 1 amide bonds. The molecule has 25 heavy (non-hydrogen) atoms. The van der Waals surface area contributed by atoms with Gasteiger partial charge in [-0.25, -0.2) is 0 Å². The summed E-state index contributed by atoms with van der Waals surface area (Å²) >= 11 is 1.17. The Morgan fingerprint density at radius 1 is 1.24 bits per heavy atom. The van der Waals surface area contributed by atoms with E-state index in [1.54, 1.807) is 39.5 Å². The predicted molar refractivity (Wildman–Crippen MR) is 93.0 cm³/mol. The maximum absolute atomic E-state index is 11.8. The fourth-order valence-corrected chi connectivity index (χ4v) is 2.66. The summed E-state index contributed by atoms with van der Waals surface area (Å²) < 4.78 is 21.0. The van der Waals surface area contributed by atoms with E-state index in [0.717, 1.165) is 0 Å². The molecule has 8 nitrogen and oxygen atoms in total. The smallest absolute Gasteiger partial charge is 0.277 e. The molecule has 1 N–H and O–H groups in total. The quantitative estimate of drug-likeness (QED) is 0.672. The van der Waals surface area contributed by atoms with Gasteiger partial charge < -0.3 is 23.9 Å². The van der Waals surface area contributed by atoms with Gasteiger partial charge in [-0.05, 0) is 25.1 Å². The van der Waals surface area contributed by atoms with E-state index in [1.165, 1.54) is 11.8 Å². The van der Waals surface area contributed by atoms with Crippen LogP contribution in [0.25, 0.3) is 11.5 Å². The van der Waals surface area contributed by atoms with Crippen molar-refractivity contribution in [2.75, 3.05) is 33.7 Å². The molecule has 0 bridgehead atoms. The van der Waals surface area contributed by atoms with Gasteiger partial charge in [-0.3, -0.25) is 4.79 Å². The average Bonchev–Trinajstić information content (AvgIpc) is 3.08. The van der Waals surface area contributed by atoms with Crippen LogP contribution in [0.4, 0.5) is 0 Å². The normalized spacial score (nSPS) is 11.8. The number of nitrogens with one attached hydrogen (secondary N) is 1. The van der Waals surface area contributed by atoms with Gasteiger partial charge in [0.25, 0.3) is 5.22 Å². The van der Waals surface area contributed by atoms with Gasteiger partial charge in [0.2, 0.25) is 11.8 Å². The third-order valence-corrected chi connectivity index (χ3v) is 4.01. The van der Waals surface area contributed by atoms with Gasteiger partial charge in [-0.1, -0.05) is 11.8 Å². The van der Waals surface area contributed by atoms with E-state index >= 15 is 0 Å². The van der Waals surface area contributed by atoms with Crippen molar-refractivity contribution in [1.29, 1.82) is 0 Å². The van der Waals surface area contributed by atoms with Crippen LogP contribution >= 0.6 is 11.8 Å². The summed E-state index contributed by atoms with van der Waals surface area (Å²) in [5.41, 5.74) is 0.704. The third-order valence-electron chi connectivity index (χ3n) is 3.19. The van der Waals surface area contributed by atoms with Crippen LogP contribution in [-0.2, 0) is 9.53 Å². The summed E-state index contributed by atoms with van der Waals surface area (Å²) in [5.74, 6) is 1.58. The first-order chi connectivity index (χ1) is 12.1. The number of benzene rings is 1. The Hall–Kier alpha value is -2.26. The highest BCUT2D eigenvalue weighted by Crippen LogP contribution is 2.32. The molecule has 0 saturated heterocycles. The van der Waals surface area contributed by atoms with Crippen molar-refractivity contribution < 1.29 is 23.4 Å². The van der Waals surface area contributed by atoms with E-state index in [9.17, 15) is 4.79 Å². The lowest BCUT2D eigenvalue weighted by atomic mass is 10.2. The van der Waals surface area contributed by atoms with Crippen LogP contribution < -0.4 is 14.8 Å². The largest absolute Gasteiger partial charge is 0.493 e. The predicted octanol–water partition coefficient (Wildman–Crippen LogP) is 2.00. The van der Waals surface area contributed by atoms with E-state index in [-0.39, 0.29) is 17.7 Å². The molecule has 2 rings (SSSR count). The summed E-state index contributed by atoms with van der Waals surface area (Å²) in [4.78, 5) is 11.8. The Balaban J connectivity index is 1.97. The van der Waals surface area contributed by atoms with Gasteiger partial charge in [-0.2, -0.15) is 0 Å². The van der Waals surface area contributed by atoms with E-state index in [2.05, 4.69) is 15.5 Å². The Bertz CT molecular complexity index is 707. The van der Waals surface area contributed by atoms with Crippen LogP contribution in [0.2, 0.25) is 0 Å². The zero-order valence-corrected chi connectivity index (χ0v) is 15.4. The molecule has 0 aliphatic rings. The summed E-state index contributed by atoms with van der Waals surface area (Å²) in [7, 11) is 4.71. The lowest BCUT2D eigenvalue weighted by Crippen LogP contribution is -2.36. The van der Waals surface area contributed by atoms with Crippen LogP contribution in [0.5, 0.6) is 11.5 Å². The van der Waals surface area contributed by atoms with Gasteiger partial charge in [-0.15, -0.1) is 10.2 Å². The van der Waals surface area contributed by atoms with Crippen LogP contribution in [-0.4, -0.2) is 55.8 Å². The molecule has 0 spiro atoms. The van der Waals surface area contributed by atoms with Crippen molar-refractivity contribution >= 4 is 17.7 Å². The minimum absolute atomic E-state index is 0.0527. The monoisotopic (exact) mass is 367 g/mol. The molecule has 1 heterocycles. The minimum atomic E-state index is -0.125. The Morgan fingerprint density at radius 2 is 2.00 bits per heavy atom. The zero-order valence-electron chi connectivity index (χ0n) is 14.6. The molecule has 9 heteroatoms. The number of ether oxygens (including phenoxy) is 3. The number of methoxy groups -OCH3 is 3. The summed E-state index contributed by atoms with van der Waals surface area (Å²) in [6.07, 6.45) is 0. The maximum Gasteiger partial charge on any atom is 0.277 e. The molecular formula is C16H21N3O5S. The third kappa shape index (κ3) is 5.36. The second-order valence-corrected chi connectivity index (χ2v) is 6.08. The molecule has 0 saturated carbocycles. The van der Waals surface area contributed by atoms with Gasteiger partial charge >= 0.3 is 0 Å². The highest BCUT2D eigenvalue weighted by molar-refractivity contribution is 7.99. The lowest BCUT2D eigenvalue weighted by Gasteiger charge is -2.11. The number of carbonyl (C=O) groups is 1. The number of carbonyl (C=O) groups excluding carboxylic acids is 1. The molecule has 0 aliphatic carbocycles. The van der Waals surface area contributed by atoms with Crippen molar-refractivity contribution in [1.82, 2.24) is 15.5 Å². The molecule has 1 aromatic carbocycles. The van der Waals surface area contributed by atoms with E-state index in [0.29, 0.717) is 34.8 Å². The molecule has 1 aromatic heterocycles. The van der Waals surface area contributed by atoms with Crippen LogP contribution in [0.3, 0.4) is 0 Å². The summed E-state index contributed by atoms with van der Waals surface area (Å²) in [6, 6.07) is 5.25. The Morgan fingerprint density at radius 3 is 2.68 bits per heavy atom. The van der Waals surface area contributed by atoms with Crippen LogP contribution in [0.1, 0.15) is 6.92 Å². The first-order valence-electron chi connectivity index (χ1n) is 7.54. The number of nitrogens with zero attached hydrogens (tertiary/aromatic N) is 2.